The lowest BCUT2D eigenvalue weighted by Gasteiger charge is -2.38. The number of methoxy groups -OCH3 is 1. The van der Waals surface area contributed by atoms with E-state index in [1.54, 1.807) is 37.3 Å². The molecule has 2 aliphatic rings. The molecule has 0 unspecified atom stereocenters. The van der Waals surface area contributed by atoms with Gasteiger partial charge in [0.1, 0.15) is 0 Å². The minimum absolute atomic E-state index is 0.187. The first-order valence-corrected chi connectivity index (χ1v) is 9.75. The molecule has 1 aliphatic heterocycles. The van der Waals surface area contributed by atoms with Gasteiger partial charge in [0.05, 0.1) is 12.7 Å². The van der Waals surface area contributed by atoms with Crippen LogP contribution in [0.1, 0.15) is 49.4 Å². The fourth-order valence-electron chi connectivity index (χ4n) is 3.87. The largest absolute Gasteiger partial charge is 0.465 e. The number of anilines is 1. The van der Waals surface area contributed by atoms with Gasteiger partial charge in [-0.15, -0.1) is 0 Å². The zero-order valence-electron chi connectivity index (χ0n) is 16.6. The number of amides is 4. The quantitative estimate of drug-likeness (QED) is 0.583. The van der Waals surface area contributed by atoms with Crippen LogP contribution >= 0.6 is 0 Å². The number of hydrogen-bond donors (Lipinski definition) is 2. The second-order valence-corrected chi connectivity index (χ2v) is 7.17. The van der Waals surface area contributed by atoms with E-state index >= 15 is 0 Å². The topological polar surface area (TPSA) is 105 Å². The van der Waals surface area contributed by atoms with E-state index in [0.29, 0.717) is 16.9 Å². The van der Waals surface area contributed by atoms with Crippen molar-refractivity contribution in [1.29, 1.82) is 0 Å². The van der Waals surface area contributed by atoms with Gasteiger partial charge in [0.25, 0.3) is 0 Å². The summed E-state index contributed by atoms with van der Waals surface area (Å²) >= 11 is 0. The molecule has 2 fully saturated rings. The van der Waals surface area contributed by atoms with E-state index in [4.69, 9.17) is 4.74 Å². The molecule has 1 aliphatic carbocycles. The SMILES string of the molecule is C/C=C(\Nc1cccc(C(=O)OC)c1)[C@@H]1C(=O)NC(=O)N(C2CCCCC2)C1=O. The Bertz CT molecular complexity index is 858. The van der Waals surface area contributed by atoms with Gasteiger partial charge in [-0.25, -0.2) is 9.59 Å². The van der Waals surface area contributed by atoms with Crippen LogP contribution in [0.25, 0.3) is 0 Å². The highest BCUT2D eigenvalue weighted by molar-refractivity contribution is 6.18. The number of hydrogen-bond acceptors (Lipinski definition) is 6. The number of imide groups is 2. The molecule has 0 spiro atoms. The van der Waals surface area contributed by atoms with E-state index in [0.717, 1.165) is 32.1 Å². The summed E-state index contributed by atoms with van der Waals surface area (Å²) in [6.07, 6.45) is 6.12. The molecule has 29 heavy (non-hydrogen) atoms. The summed E-state index contributed by atoms with van der Waals surface area (Å²) in [6.45, 7) is 1.70. The Morgan fingerprint density at radius 3 is 2.59 bits per heavy atom. The summed E-state index contributed by atoms with van der Waals surface area (Å²) in [5.41, 5.74) is 1.22. The van der Waals surface area contributed by atoms with Crippen LogP contribution in [-0.2, 0) is 14.3 Å². The number of allylic oxidation sites excluding steroid dienone is 1. The van der Waals surface area contributed by atoms with E-state index in [-0.39, 0.29) is 6.04 Å². The first kappa shape index (κ1) is 20.6. The smallest absolute Gasteiger partial charge is 0.337 e. The first-order chi connectivity index (χ1) is 14.0. The molecule has 1 saturated heterocycles. The zero-order chi connectivity index (χ0) is 21.0. The first-order valence-electron chi connectivity index (χ1n) is 9.75. The molecule has 154 valence electrons. The normalized spacial score (nSPS) is 21.0. The van der Waals surface area contributed by atoms with Gasteiger partial charge < -0.3 is 10.1 Å². The van der Waals surface area contributed by atoms with E-state index in [1.165, 1.54) is 12.0 Å². The minimum atomic E-state index is -1.15. The molecule has 0 bridgehead atoms. The fraction of sp³-hybridized carbons (Fsp3) is 0.429. The van der Waals surface area contributed by atoms with Crippen molar-refractivity contribution in [2.24, 2.45) is 5.92 Å². The van der Waals surface area contributed by atoms with Gasteiger partial charge in [-0.2, -0.15) is 0 Å². The predicted molar refractivity (Wildman–Crippen MR) is 106 cm³/mol. The maximum atomic E-state index is 13.1. The number of barbiturate groups is 1. The van der Waals surface area contributed by atoms with Crippen molar-refractivity contribution in [3.63, 3.8) is 0 Å². The predicted octanol–water partition coefficient (Wildman–Crippen LogP) is 2.82. The Labute approximate surface area is 169 Å². The van der Waals surface area contributed by atoms with Crippen LogP contribution in [0, 0.1) is 5.92 Å². The summed E-state index contributed by atoms with van der Waals surface area (Å²) in [6, 6.07) is 5.73. The van der Waals surface area contributed by atoms with Crippen molar-refractivity contribution in [2.75, 3.05) is 12.4 Å². The monoisotopic (exact) mass is 399 g/mol. The summed E-state index contributed by atoms with van der Waals surface area (Å²) < 4.78 is 4.72. The molecular weight excluding hydrogens is 374 g/mol. The Balaban J connectivity index is 1.84. The molecule has 1 aromatic carbocycles. The highest BCUT2D eigenvalue weighted by atomic mass is 16.5. The van der Waals surface area contributed by atoms with E-state index < -0.39 is 29.7 Å². The Hall–Kier alpha value is -3.16. The van der Waals surface area contributed by atoms with Crippen LogP contribution in [0.15, 0.2) is 36.0 Å². The van der Waals surface area contributed by atoms with Crippen molar-refractivity contribution in [3.05, 3.63) is 41.6 Å². The fourth-order valence-corrected chi connectivity index (χ4v) is 3.87. The average molecular weight is 399 g/mol. The summed E-state index contributed by atoms with van der Waals surface area (Å²) in [5.74, 6) is -2.82. The maximum absolute atomic E-state index is 13.1. The summed E-state index contributed by atoms with van der Waals surface area (Å²) in [4.78, 5) is 51.0. The third kappa shape index (κ3) is 4.31. The molecule has 4 amide bonds. The Kier molecular flexibility index (Phi) is 6.31. The number of benzene rings is 1. The average Bonchev–Trinajstić information content (AvgIpc) is 2.73. The van der Waals surface area contributed by atoms with Crippen molar-refractivity contribution in [1.82, 2.24) is 10.2 Å². The number of rotatable bonds is 5. The number of nitrogens with zero attached hydrogens (tertiary/aromatic N) is 1. The lowest BCUT2D eigenvalue weighted by Crippen LogP contribution is -2.61. The van der Waals surface area contributed by atoms with Crippen LogP contribution in [0.4, 0.5) is 10.5 Å². The van der Waals surface area contributed by atoms with Crippen LogP contribution < -0.4 is 10.6 Å². The zero-order valence-corrected chi connectivity index (χ0v) is 16.6. The Morgan fingerprint density at radius 1 is 1.21 bits per heavy atom. The minimum Gasteiger partial charge on any atom is -0.465 e. The van der Waals surface area contributed by atoms with Gasteiger partial charge in [-0.05, 0) is 38.0 Å². The number of esters is 1. The number of carbonyl (C=O) groups excluding carboxylic acids is 4. The molecule has 1 atom stereocenters. The van der Waals surface area contributed by atoms with Crippen molar-refractivity contribution in [3.8, 4) is 0 Å². The third-order valence-electron chi connectivity index (χ3n) is 5.33. The molecule has 8 nitrogen and oxygen atoms in total. The van der Waals surface area contributed by atoms with Crippen molar-refractivity contribution in [2.45, 2.75) is 45.1 Å². The summed E-state index contributed by atoms with van der Waals surface area (Å²) in [5, 5.41) is 5.37. The van der Waals surface area contributed by atoms with Crippen molar-refractivity contribution >= 4 is 29.5 Å². The molecule has 1 heterocycles. The van der Waals surface area contributed by atoms with Crippen LogP contribution in [-0.4, -0.2) is 41.9 Å². The second kappa shape index (κ2) is 8.89. The van der Waals surface area contributed by atoms with E-state index in [2.05, 4.69) is 10.6 Å². The van der Waals surface area contributed by atoms with Gasteiger partial charge in [0, 0.05) is 17.4 Å². The van der Waals surface area contributed by atoms with Gasteiger partial charge in [0.15, 0.2) is 5.92 Å². The lowest BCUT2D eigenvalue weighted by atomic mass is 9.91. The highest BCUT2D eigenvalue weighted by Crippen LogP contribution is 2.28. The molecule has 2 N–H and O–H groups in total. The number of nitrogens with one attached hydrogen (secondary N) is 2. The molecule has 3 rings (SSSR count). The third-order valence-corrected chi connectivity index (χ3v) is 5.33. The molecule has 1 saturated carbocycles. The van der Waals surface area contributed by atoms with Crippen LogP contribution in [0.5, 0.6) is 0 Å². The number of ether oxygens (including phenoxy) is 1. The van der Waals surface area contributed by atoms with Gasteiger partial charge >= 0.3 is 12.0 Å². The number of urea groups is 1. The van der Waals surface area contributed by atoms with Gasteiger partial charge in [0.2, 0.25) is 11.8 Å². The molecule has 1 aromatic rings. The molecule has 0 radical (unpaired) electrons. The van der Waals surface area contributed by atoms with Gasteiger partial charge in [-0.1, -0.05) is 31.4 Å². The van der Waals surface area contributed by atoms with Crippen molar-refractivity contribution < 1.29 is 23.9 Å². The Morgan fingerprint density at radius 2 is 1.93 bits per heavy atom. The molecule has 8 heteroatoms. The standard InChI is InChI=1S/C21H25N3O5/c1-3-16(22-14-9-7-8-13(12-14)20(27)29-2)17-18(25)23-21(28)24(19(17)26)15-10-5-4-6-11-15/h3,7-9,12,15,17,22H,4-6,10-11H2,1-2H3,(H,23,25,28)/b16-3-/t17-/m1/s1. The van der Waals surface area contributed by atoms with E-state index in [1.807, 2.05) is 0 Å². The number of carbonyl (C=O) groups is 4. The molecule has 0 aromatic heterocycles. The van der Waals surface area contributed by atoms with Gasteiger partial charge in [-0.3, -0.25) is 19.8 Å². The van der Waals surface area contributed by atoms with E-state index in [9.17, 15) is 19.2 Å². The highest BCUT2D eigenvalue weighted by Gasteiger charge is 2.45. The van der Waals surface area contributed by atoms with Crippen LogP contribution in [0.2, 0.25) is 0 Å². The summed E-state index contributed by atoms with van der Waals surface area (Å²) in [7, 11) is 1.29. The molecular formula is C21H25N3O5. The lowest BCUT2D eigenvalue weighted by molar-refractivity contribution is -0.142. The second-order valence-electron chi connectivity index (χ2n) is 7.17. The maximum Gasteiger partial charge on any atom is 0.337 e. The van der Waals surface area contributed by atoms with Crippen LogP contribution in [0.3, 0.4) is 0 Å².